The molecule has 5 atom stereocenters. The van der Waals surface area contributed by atoms with Crippen LogP contribution in [0.3, 0.4) is 0 Å². The normalized spacial score (nSPS) is 30.1. The highest BCUT2D eigenvalue weighted by Crippen LogP contribution is 2.54. The maximum absolute atomic E-state index is 14.0. The number of fused-ring (bicyclic) bond motifs is 3. The van der Waals surface area contributed by atoms with E-state index in [4.69, 9.17) is 17.3 Å². The molecule has 6 N–H and O–H groups in total. The Labute approximate surface area is 244 Å². The van der Waals surface area contributed by atoms with Crippen LogP contribution in [-0.2, 0) is 20.8 Å². The minimum Gasteiger partial charge on any atom is -0.508 e. The van der Waals surface area contributed by atoms with Gasteiger partial charge in [-0.2, -0.15) is 0 Å². The van der Waals surface area contributed by atoms with Crippen molar-refractivity contribution in [3.63, 3.8) is 0 Å². The summed E-state index contributed by atoms with van der Waals surface area (Å²) in [6, 6.07) is 0.452. The molecule has 11 heteroatoms. The third-order valence-electron chi connectivity index (χ3n) is 9.62. The van der Waals surface area contributed by atoms with E-state index in [-0.39, 0.29) is 35.8 Å². The van der Waals surface area contributed by atoms with Crippen molar-refractivity contribution < 1.29 is 34.8 Å². The Morgan fingerprint density at radius 2 is 1.95 bits per heavy atom. The van der Waals surface area contributed by atoms with Crippen LogP contribution in [0, 0.1) is 11.8 Å². The molecule has 1 aromatic carbocycles. The van der Waals surface area contributed by atoms with E-state index in [0.29, 0.717) is 17.1 Å². The molecule has 1 amide bonds. The average Bonchev–Trinajstić information content (AvgIpc) is 3.39. The van der Waals surface area contributed by atoms with Crippen molar-refractivity contribution in [3.05, 3.63) is 44.7 Å². The second-order valence-electron chi connectivity index (χ2n) is 11.8. The minimum absolute atomic E-state index is 0.0173. The largest absolute Gasteiger partial charge is 0.508 e. The van der Waals surface area contributed by atoms with Crippen LogP contribution in [0.5, 0.6) is 5.75 Å². The molecule has 1 heterocycles. The molecule has 10 nitrogen and oxygen atoms in total. The van der Waals surface area contributed by atoms with Gasteiger partial charge in [0.2, 0.25) is 5.78 Å². The number of phenols is 1. The lowest BCUT2D eigenvalue weighted by Gasteiger charge is -2.50. The van der Waals surface area contributed by atoms with Crippen LogP contribution in [-0.4, -0.2) is 86.0 Å². The number of hydrogen-bond donors (Lipinski definition) is 5. The van der Waals surface area contributed by atoms with Gasteiger partial charge in [0.15, 0.2) is 11.4 Å². The van der Waals surface area contributed by atoms with Gasteiger partial charge in [-0.3, -0.25) is 24.2 Å². The van der Waals surface area contributed by atoms with E-state index >= 15 is 0 Å². The number of amides is 1. The number of aromatic hydroxyl groups is 1. The molecule has 0 radical (unpaired) electrons. The van der Waals surface area contributed by atoms with Crippen molar-refractivity contribution in [2.45, 2.75) is 70.1 Å². The van der Waals surface area contributed by atoms with E-state index in [1.165, 1.54) is 0 Å². The second kappa shape index (κ2) is 10.7. The number of ketones is 2. The van der Waals surface area contributed by atoms with E-state index < -0.39 is 58.0 Å². The predicted molar refractivity (Wildman–Crippen MR) is 152 cm³/mol. The Hall–Kier alpha value is -2.92. The maximum Gasteiger partial charge on any atom is 0.255 e. The fourth-order valence-electron chi connectivity index (χ4n) is 7.47. The summed E-state index contributed by atoms with van der Waals surface area (Å²) in [6.07, 6.45) is 4.19. The standard InChI is InChI=1S/C30H38ClN3O7/c1-4-6-9-34-10-7-8-18(34)15-13-19(35)21-16(23(15)31)11-14-12-17-24(33(3)5-2)26(37)22(29(32)40)28(39)30(17,41)27(38)20(14)25(21)36/h13-14,17-18,24,35-36,39,41H,4-12H2,1-3H3,(H2,32,40)/t14-,17-,18?,24-,30-/m0/s1. The van der Waals surface area contributed by atoms with Gasteiger partial charge in [0, 0.05) is 22.6 Å². The van der Waals surface area contributed by atoms with Crippen molar-refractivity contribution in [3.8, 4) is 5.75 Å². The van der Waals surface area contributed by atoms with Crippen molar-refractivity contribution in [2.75, 3.05) is 26.7 Å². The summed E-state index contributed by atoms with van der Waals surface area (Å²) < 4.78 is 0. The number of Topliss-reactive ketones (excluding diaryl/α,β-unsaturated/α-hetero) is 2. The topological polar surface area (TPSA) is 165 Å². The number of benzene rings is 1. The molecule has 1 aromatic rings. The minimum atomic E-state index is -2.66. The predicted octanol–water partition coefficient (Wildman–Crippen LogP) is 2.94. The highest BCUT2D eigenvalue weighted by Gasteiger charge is 2.64. The van der Waals surface area contributed by atoms with Gasteiger partial charge in [-0.15, -0.1) is 0 Å². The van der Waals surface area contributed by atoms with Gasteiger partial charge in [0.05, 0.1) is 11.6 Å². The van der Waals surface area contributed by atoms with Crippen LogP contribution < -0.4 is 5.73 Å². The first-order valence-corrected chi connectivity index (χ1v) is 14.7. The van der Waals surface area contributed by atoms with Crippen molar-refractivity contribution in [2.24, 2.45) is 17.6 Å². The number of aliphatic hydroxyl groups excluding tert-OH is 2. The zero-order chi connectivity index (χ0) is 30.0. The number of phenolic OH excluding ortho intramolecular Hbond substituents is 1. The first-order valence-electron chi connectivity index (χ1n) is 14.4. The molecule has 3 aliphatic carbocycles. The molecule has 0 aromatic heterocycles. The third kappa shape index (κ3) is 4.29. The Kier molecular flexibility index (Phi) is 7.74. The number of rotatable bonds is 7. The number of nitrogens with zero attached hydrogens (tertiary/aromatic N) is 2. The molecular weight excluding hydrogens is 550 g/mol. The number of unbranched alkanes of at least 4 members (excludes halogenated alkanes) is 1. The Morgan fingerprint density at radius 1 is 1.24 bits per heavy atom. The smallest absolute Gasteiger partial charge is 0.255 e. The summed E-state index contributed by atoms with van der Waals surface area (Å²) in [5.41, 5.74) is 3.05. The summed E-state index contributed by atoms with van der Waals surface area (Å²) in [5, 5.41) is 45.9. The lowest BCUT2D eigenvalue weighted by atomic mass is 9.57. The fourth-order valence-corrected chi connectivity index (χ4v) is 7.82. The molecule has 1 unspecified atom stereocenters. The second-order valence-corrected chi connectivity index (χ2v) is 12.1. The number of aliphatic hydroxyl groups is 3. The molecule has 0 spiro atoms. The van der Waals surface area contributed by atoms with E-state index in [1.54, 1.807) is 24.9 Å². The summed E-state index contributed by atoms with van der Waals surface area (Å²) in [4.78, 5) is 43.6. The molecule has 4 aliphatic rings. The molecule has 2 fully saturated rings. The quantitative estimate of drug-likeness (QED) is 0.302. The molecule has 0 bridgehead atoms. The third-order valence-corrected chi connectivity index (χ3v) is 10.1. The first-order chi connectivity index (χ1) is 19.4. The van der Waals surface area contributed by atoms with Crippen LogP contribution in [0.1, 0.15) is 68.7 Å². The van der Waals surface area contributed by atoms with Gasteiger partial charge >= 0.3 is 0 Å². The Bertz CT molecular complexity index is 1390. The SMILES string of the molecule is CCCCN1CCCC1c1cc(O)c2c(c1Cl)C[C@H]1C[C@H]3[C@H](N(C)CC)C(=O)C(C(N)=O)=C(O)[C@@]3(O)C(=O)C1=C2O. The number of likely N-dealkylation sites (N-methyl/N-ethyl adjacent to an activating group) is 1. The zero-order valence-electron chi connectivity index (χ0n) is 23.6. The van der Waals surface area contributed by atoms with Gasteiger partial charge < -0.3 is 26.2 Å². The van der Waals surface area contributed by atoms with Crippen LogP contribution in [0.25, 0.3) is 5.76 Å². The number of carbonyl (C=O) groups excluding carboxylic acids is 3. The van der Waals surface area contributed by atoms with Crippen molar-refractivity contribution in [1.29, 1.82) is 0 Å². The van der Waals surface area contributed by atoms with Crippen LogP contribution in [0.2, 0.25) is 5.02 Å². The number of likely N-dealkylation sites (tertiary alicyclic amines) is 1. The number of carbonyl (C=O) groups is 3. The van der Waals surface area contributed by atoms with Crippen molar-refractivity contribution >= 4 is 34.8 Å². The van der Waals surface area contributed by atoms with Gasteiger partial charge in [-0.05, 0) is 81.9 Å². The van der Waals surface area contributed by atoms with Crippen LogP contribution in [0.15, 0.2) is 23.0 Å². The van der Waals surface area contributed by atoms with E-state index in [1.807, 2.05) is 0 Å². The molecule has 1 saturated heterocycles. The molecule has 41 heavy (non-hydrogen) atoms. The summed E-state index contributed by atoms with van der Waals surface area (Å²) in [6.45, 7) is 6.10. The van der Waals surface area contributed by atoms with Gasteiger partial charge in [-0.1, -0.05) is 31.9 Å². The molecule has 5 rings (SSSR count). The van der Waals surface area contributed by atoms with Crippen LogP contribution in [0.4, 0.5) is 0 Å². The number of primary amides is 1. The maximum atomic E-state index is 14.0. The lowest BCUT2D eigenvalue weighted by molar-refractivity contribution is -0.154. The molecule has 222 valence electrons. The molecular formula is C30H38ClN3O7. The molecule has 1 aliphatic heterocycles. The van der Waals surface area contributed by atoms with E-state index in [2.05, 4.69) is 11.8 Å². The lowest BCUT2D eigenvalue weighted by Crippen LogP contribution is -2.66. The summed E-state index contributed by atoms with van der Waals surface area (Å²) in [5.74, 6) is -6.67. The number of nitrogens with two attached hydrogens (primary N) is 1. The monoisotopic (exact) mass is 587 g/mol. The Morgan fingerprint density at radius 3 is 2.59 bits per heavy atom. The van der Waals surface area contributed by atoms with Gasteiger partial charge in [0.1, 0.15) is 22.8 Å². The number of hydrogen-bond acceptors (Lipinski definition) is 9. The molecule has 1 saturated carbocycles. The highest BCUT2D eigenvalue weighted by molar-refractivity contribution is 6.33. The average molecular weight is 588 g/mol. The number of halogens is 1. The summed E-state index contributed by atoms with van der Waals surface area (Å²) >= 11 is 7.01. The van der Waals surface area contributed by atoms with E-state index in [0.717, 1.165) is 44.3 Å². The van der Waals surface area contributed by atoms with Gasteiger partial charge in [0.25, 0.3) is 5.91 Å². The van der Waals surface area contributed by atoms with Gasteiger partial charge in [-0.25, -0.2) is 0 Å². The highest BCUT2D eigenvalue weighted by atomic mass is 35.5. The van der Waals surface area contributed by atoms with Crippen LogP contribution >= 0.6 is 11.6 Å². The fraction of sp³-hybridized carbons (Fsp3) is 0.567. The van der Waals surface area contributed by atoms with Crippen molar-refractivity contribution in [1.82, 2.24) is 9.80 Å². The van der Waals surface area contributed by atoms with E-state index in [9.17, 15) is 34.8 Å². The summed E-state index contributed by atoms with van der Waals surface area (Å²) in [7, 11) is 1.63. The first kappa shape index (κ1) is 29.6. The zero-order valence-corrected chi connectivity index (χ0v) is 24.4. The Balaban J connectivity index is 1.65.